The average molecular weight is 627 g/mol. The van der Waals surface area contributed by atoms with Crippen molar-refractivity contribution in [2.45, 2.75) is 12.4 Å². The Labute approximate surface area is 273 Å². The largest absolute Gasteiger partial charge is 0.464 e. The number of nitrogens with zero attached hydrogens (tertiary/aromatic N) is 2. The summed E-state index contributed by atoms with van der Waals surface area (Å²) in [7, 11) is 0. The predicted octanol–water partition coefficient (Wildman–Crippen LogP) is 9.95. The molecule has 2 aromatic heterocycles. The summed E-state index contributed by atoms with van der Waals surface area (Å²) >= 11 is 1.79. The van der Waals surface area contributed by atoms with Crippen LogP contribution in [-0.4, -0.2) is 11.7 Å². The molecule has 2 unspecified atom stereocenters. The highest BCUT2D eigenvalue weighted by Crippen LogP contribution is 2.45. The number of furan rings is 1. The number of hydrogen-bond acceptors (Lipinski definition) is 7. The summed E-state index contributed by atoms with van der Waals surface area (Å²) in [6.07, 6.45) is -0.622. The quantitative estimate of drug-likeness (QED) is 0.204. The highest BCUT2D eigenvalue weighted by Gasteiger charge is 2.28. The summed E-state index contributed by atoms with van der Waals surface area (Å²) in [5.74, 6) is 2.33. The van der Waals surface area contributed by atoms with Crippen LogP contribution in [0.5, 0.6) is 5.75 Å². The Bertz CT molecular complexity index is 2560. The zero-order valence-electron chi connectivity index (χ0n) is 25.0. The van der Waals surface area contributed by atoms with Crippen LogP contribution in [-0.2, 0) is 0 Å². The van der Waals surface area contributed by atoms with E-state index >= 15 is 0 Å². The molecule has 47 heavy (non-hydrogen) atoms. The van der Waals surface area contributed by atoms with Gasteiger partial charge in [-0.3, -0.25) is 0 Å². The van der Waals surface area contributed by atoms with Crippen LogP contribution in [0.3, 0.4) is 0 Å². The summed E-state index contributed by atoms with van der Waals surface area (Å²) in [5.41, 5.74) is 6.86. The minimum absolute atomic E-state index is 0.257. The smallest absolute Gasteiger partial charge is 0.198 e. The molecular weight excluding hydrogens is 601 g/mol. The lowest BCUT2D eigenvalue weighted by Gasteiger charge is -2.24. The van der Waals surface area contributed by atoms with E-state index in [1.807, 2.05) is 66.7 Å². The molecule has 0 bridgehead atoms. The molecule has 0 saturated carbocycles. The van der Waals surface area contributed by atoms with E-state index in [-0.39, 0.29) is 12.4 Å². The summed E-state index contributed by atoms with van der Waals surface area (Å²) in [6, 6.07) is 45.6. The number of rotatable bonds is 4. The summed E-state index contributed by atoms with van der Waals surface area (Å²) in [4.78, 5) is 10.5. The molecule has 2 atom stereocenters. The Morgan fingerprint density at radius 3 is 2.17 bits per heavy atom. The fourth-order valence-electron chi connectivity index (χ4n) is 6.85. The first-order chi connectivity index (χ1) is 23.3. The average Bonchev–Trinajstić information content (AvgIpc) is 3.85. The molecule has 8 aromatic rings. The van der Waals surface area contributed by atoms with Crippen LogP contribution in [0.1, 0.15) is 34.6 Å². The third-order valence-electron chi connectivity index (χ3n) is 9.01. The maximum absolute atomic E-state index is 6.37. The van der Waals surface area contributed by atoms with E-state index < -0.39 is 0 Å². The minimum Gasteiger partial charge on any atom is -0.464 e. The number of nitrogens with one attached hydrogen (secondary N) is 2. The first kappa shape index (κ1) is 26.3. The molecule has 2 aliphatic rings. The van der Waals surface area contributed by atoms with Crippen molar-refractivity contribution in [1.82, 2.24) is 5.32 Å². The maximum atomic E-state index is 6.37. The number of fused-ring (bicyclic) bond motifs is 7. The second-order valence-corrected chi connectivity index (χ2v) is 12.8. The van der Waals surface area contributed by atoms with E-state index in [0.717, 1.165) is 61.5 Å². The zero-order valence-corrected chi connectivity index (χ0v) is 25.8. The van der Waals surface area contributed by atoms with Gasteiger partial charge in [-0.05, 0) is 24.3 Å². The van der Waals surface area contributed by atoms with E-state index in [4.69, 9.17) is 19.1 Å². The molecule has 10 rings (SSSR count). The molecule has 224 valence electrons. The van der Waals surface area contributed by atoms with E-state index in [1.54, 1.807) is 11.3 Å². The van der Waals surface area contributed by atoms with Gasteiger partial charge in [-0.1, -0.05) is 109 Å². The lowest BCUT2D eigenvalue weighted by Crippen LogP contribution is -2.33. The molecule has 0 fully saturated rings. The predicted molar refractivity (Wildman–Crippen MR) is 192 cm³/mol. The van der Waals surface area contributed by atoms with Gasteiger partial charge in [0.25, 0.3) is 0 Å². The first-order valence-corrected chi connectivity index (χ1v) is 16.5. The second-order valence-electron chi connectivity index (χ2n) is 11.8. The summed E-state index contributed by atoms with van der Waals surface area (Å²) in [5, 5.41) is 11.7. The summed E-state index contributed by atoms with van der Waals surface area (Å²) in [6.45, 7) is 0. The monoisotopic (exact) mass is 626 g/mol. The van der Waals surface area contributed by atoms with E-state index in [0.29, 0.717) is 5.84 Å². The molecule has 0 amide bonds. The molecule has 6 aromatic carbocycles. The van der Waals surface area contributed by atoms with Gasteiger partial charge in [-0.2, -0.15) is 0 Å². The van der Waals surface area contributed by atoms with E-state index in [2.05, 4.69) is 77.4 Å². The van der Waals surface area contributed by atoms with Crippen LogP contribution >= 0.6 is 11.3 Å². The second kappa shape index (κ2) is 10.3. The van der Waals surface area contributed by atoms with Crippen molar-refractivity contribution in [2.24, 2.45) is 9.98 Å². The molecule has 7 heteroatoms. The van der Waals surface area contributed by atoms with Crippen molar-refractivity contribution in [3.63, 3.8) is 0 Å². The standard InChI is InChI=1S/C40H26N4O2S/c1-2-11-23(12-3-1)37-42-38(27-16-10-22-33-34(27)26-13-4-6-20-31(26)45-33)44-39(43-37)28-17-8-14-24-25-15-9-18-29(36(25)47-35(24)28)40-41-30-19-5-7-21-32(30)46-40/h1-22,39-41H,(H,42,43,44). The molecule has 4 heterocycles. The molecule has 0 saturated heterocycles. The number of amidine groups is 2. The number of anilines is 1. The Hall–Kier alpha value is -5.92. The Morgan fingerprint density at radius 2 is 1.30 bits per heavy atom. The van der Waals surface area contributed by atoms with Crippen LogP contribution in [0.25, 0.3) is 42.1 Å². The maximum Gasteiger partial charge on any atom is 0.198 e. The van der Waals surface area contributed by atoms with Crippen molar-refractivity contribution in [2.75, 3.05) is 5.32 Å². The van der Waals surface area contributed by atoms with Crippen molar-refractivity contribution < 1.29 is 9.15 Å². The summed E-state index contributed by atoms with van der Waals surface area (Å²) < 4.78 is 15.0. The van der Waals surface area contributed by atoms with Crippen LogP contribution in [0.2, 0.25) is 0 Å². The van der Waals surface area contributed by atoms with Crippen LogP contribution < -0.4 is 15.4 Å². The van der Waals surface area contributed by atoms with Gasteiger partial charge in [-0.25, -0.2) is 9.98 Å². The third-order valence-corrected chi connectivity index (χ3v) is 10.3. The first-order valence-electron chi connectivity index (χ1n) is 15.6. The molecule has 0 aliphatic carbocycles. The SMILES string of the molecule is c1ccc(C2=NC(c3cccc4oc5ccccc5c34)=NC(c3cccc4c3sc3c(C5Nc6ccccc6O5)cccc34)N2)cc1. The van der Waals surface area contributed by atoms with Crippen molar-refractivity contribution in [1.29, 1.82) is 0 Å². The van der Waals surface area contributed by atoms with Crippen molar-refractivity contribution >= 4 is 70.8 Å². The number of aliphatic imine (C=N–C) groups is 2. The Balaban J connectivity index is 1.15. The van der Waals surface area contributed by atoms with Crippen LogP contribution in [0.15, 0.2) is 148 Å². The van der Waals surface area contributed by atoms with Gasteiger partial charge in [0.05, 0.1) is 5.69 Å². The lowest BCUT2D eigenvalue weighted by atomic mass is 10.0. The van der Waals surface area contributed by atoms with Gasteiger partial charge >= 0.3 is 0 Å². The van der Waals surface area contributed by atoms with Gasteiger partial charge in [-0.15, -0.1) is 11.3 Å². The highest BCUT2D eigenvalue weighted by molar-refractivity contribution is 7.26. The fourth-order valence-corrected chi connectivity index (χ4v) is 8.22. The van der Waals surface area contributed by atoms with Crippen molar-refractivity contribution in [3.05, 3.63) is 156 Å². The molecule has 0 spiro atoms. The molecular formula is C40H26N4O2S. The third kappa shape index (κ3) is 4.17. The Kier molecular flexibility index (Phi) is 5.77. The van der Waals surface area contributed by atoms with E-state index in [1.165, 1.54) is 20.2 Å². The van der Waals surface area contributed by atoms with Gasteiger partial charge in [0.1, 0.15) is 28.9 Å². The Morgan fingerprint density at radius 1 is 0.596 bits per heavy atom. The van der Waals surface area contributed by atoms with Gasteiger partial charge in [0.15, 0.2) is 12.1 Å². The minimum atomic E-state index is -0.364. The van der Waals surface area contributed by atoms with Gasteiger partial charge in [0, 0.05) is 53.2 Å². The fraction of sp³-hybridized carbons (Fsp3) is 0.0500. The van der Waals surface area contributed by atoms with E-state index in [9.17, 15) is 0 Å². The number of ether oxygens (including phenoxy) is 1. The zero-order chi connectivity index (χ0) is 30.9. The highest BCUT2D eigenvalue weighted by atomic mass is 32.1. The van der Waals surface area contributed by atoms with Crippen molar-refractivity contribution in [3.8, 4) is 5.75 Å². The lowest BCUT2D eigenvalue weighted by molar-refractivity contribution is 0.261. The molecule has 0 radical (unpaired) electrons. The number of thiophene rings is 1. The molecule has 6 nitrogen and oxygen atoms in total. The van der Waals surface area contributed by atoms with Crippen LogP contribution in [0, 0.1) is 0 Å². The number of para-hydroxylation sites is 3. The normalized spacial score (nSPS) is 17.3. The molecule has 2 aliphatic heterocycles. The number of benzene rings is 6. The van der Waals surface area contributed by atoms with Crippen LogP contribution in [0.4, 0.5) is 5.69 Å². The topological polar surface area (TPSA) is 71.2 Å². The van der Waals surface area contributed by atoms with Gasteiger partial charge < -0.3 is 19.8 Å². The van der Waals surface area contributed by atoms with Gasteiger partial charge in [0.2, 0.25) is 0 Å². The number of hydrogen-bond donors (Lipinski definition) is 2. The molecule has 2 N–H and O–H groups in total.